The fraction of sp³-hybridized carbons (Fsp3) is 0.353. The Balaban J connectivity index is 2.51. The summed E-state index contributed by atoms with van der Waals surface area (Å²) in [6, 6.07) is 4.64. The van der Waals surface area contributed by atoms with Crippen molar-refractivity contribution in [2.24, 2.45) is 0 Å². The second-order valence-electron chi connectivity index (χ2n) is 5.65. The van der Waals surface area contributed by atoms with E-state index in [1.807, 2.05) is 0 Å². The Morgan fingerprint density at radius 1 is 1.24 bits per heavy atom. The van der Waals surface area contributed by atoms with Crippen LogP contribution in [0.4, 0.5) is 13.2 Å². The zero-order chi connectivity index (χ0) is 18.9. The van der Waals surface area contributed by atoms with Crippen LogP contribution in [-0.4, -0.2) is 40.0 Å². The molecule has 0 unspecified atom stereocenters. The number of hydrogen-bond acceptors (Lipinski definition) is 3. The van der Waals surface area contributed by atoms with Gasteiger partial charge < -0.3 is 4.90 Å². The number of hydrogen-bond donors (Lipinski definition) is 0. The molecule has 1 aromatic heterocycles. The fourth-order valence-electron chi connectivity index (χ4n) is 2.46. The van der Waals surface area contributed by atoms with Crippen LogP contribution in [0, 0.1) is 13.8 Å². The number of ketones is 1. The summed E-state index contributed by atoms with van der Waals surface area (Å²) in [4.78, 5) is 25.8. The third-order valence-electron chi connectivity index (χ3n) is 3.95. The van der Waals surface area contributed by atoms with Crippen LogP contribution in [-0.2, 0) is 11.0 Å². The van der Waals surface area contributed by atoms with E-state index < -0.39 is 23.4 Å². The molecule has 1 heterocycles. The molecule has 0 bridgehead atoms. The van der Waals surface area contributed by atoms with Gasteiger partial charge in [0.1, 0.15) is 0 Å². The number of carbonyl (C=O) groups is 2. The Morgan fingerprint density at radius 2 is 1.88 bits per heavy atom. The lowest BCUT2D eigenvalue weighted by Crippen LogP contribution is -2.33. The number of aryl methyl sites for hydroxylation is 1. The standard InChI is InChI=1S/C17H18F3N3O2/c1-5-22(4)16(25)15(24)14-10(2)21-23(11(14)3)13-8-6-7-12(9-13)17(18,19)20/h6-9H,5H2,1-4H3. The van der Waals surface area contributed by atoms with Crippen molar-refractivity contribution in [3.63, 3.8) is 0 Å². The molecule has 0 fully saturated rings. The van der Waals surface area contributed by atoms with E-state index in [2.05, 4.69) is 5.10 Å². The highest BCUT2D eigenvalue weighted by Crippen LogP contribution is 2.30. The molecule has 8 heteroatoms. The Kier molecular flexibility index (Phi) is 5.01. The lowest BCUT2D eigenvalue weighted by molar-refractivity contribution is -0.137. The molecule has 5 nitrogen and oxygen atoms in total. The average Bonchev–Trinajstić information content (AvgIpc) is 2.86. The zero-order valence-corrected chi connectivity index (χ0v) is 14.3. The van der Waals surface area contributed by atoms with Crippen LogP contribution in [0.3, 0.4) is 0 Å². The predicted molar refractivity (Wildman–Crippen MR) is 85.7 cm³/mol. The van der Waals surface area contributed by atoms with Crippen molar-refractivity contribution < 1.29 is 22.8 Å². The second kappa shape index (κ2) is 6.70. The van der Waals surface area contributed by atoms with E-state index >= 15 is 0 Å². The van der Waals surface area contributed by atoms with Gasteiger partial charge in [-0.2, -0.15) is 18.3 Å². The van der Waals surface area contributed by atoms with E-state index in [1.54, 1.807) is 20.8 Å². The van der Waals surface area contributed by atoms with Crippen molar-refractivity contribution in [1.29, 1.82) is 0 Å². The highest BCUT2D eigenvalue weighted by molar-refractivity contribution is 6.43. The normalized spacial score (nSPS) is 11.5. The van der Waals surface area contributed by atoms with E-state index in [0.29, 0.717) is 12.2 Å². The SMILES string of the molecule is CCN(C)C(=O)C(=O)c1c(C)nn(-c2cccc(C(F)(F)F)c2)c1C. The van der Waals surface area contributed by atoms with Crippen molar-refractivity contribution in [3.8, 4) is 5.69 Å². The monoisotopic (exact) mass is 353 g/mol. The largest absolute Gasteiger partial charge is 0.416 e. The van der Waals surface area contributed by atoms with Gasteiger partial charge in [-0.25, -0.2) is 4.68 Å². The van der Waals surface area contributed by atoms with E-state index in [0.717, 1.165) is 12.1 Å². The topological polar surface area (TPSA) is 55.2 Å². The minimum Gasteiger partial charge on any atom is -0.339 e. The number of carbonyl (C=O) groups excluding carboxylic acids is 2. The molecule has 2 rings (SSSR count). The molecule has 1 aromatic carbocycles. The number of Topliss-reactive ketones (excluding diaryl/α,β-unsaturated/α-hetero) is 1. The molecule has 1 amide bonds. The molecule has 0 spiro atoms. The van der Waals surface area contributed by atoms with Crippen molar-refractivity contribution in [1.82, 2.24) is 14.7 Å². The molecule has 0 radical (unpaired) electrons. The van der Waals surface area contributed by atoms with Crippen LogP contribution in [0.5, 0.6) is 0 Å². The summed E-state index contributed by atoms with van der Waals surface area (Å²) in [5.74, 6) is -1.41. The van der Waals surface area contributed by atoms with Crippen molar-refractivity contribution in [2.75, 3.05) is 13.6 Å². The van der Waals surface area contributed by atoms with E-state index in [9.17, 15) is 22.8 Å². The molecule has 25 heavy (non-hydrogen) atoms. The third-order valence-corrected chi connectivity index (χ3v) is 3.95. The Morgan fingerprint density at radius 3 is 2.44 bits per heavy atom. The van der Waals surface area contributed by atoms with Crippen LogP contribution in [0.25, 0.3) is 5.69 Å². The molecule has 134 valence electrons. The number of amides is 1. The summed E-state index contributed by atoms with van der Waals surface area (Å²) in [6.07, 6.45) is -4.48. The van der Waals surface area contributed by atoms with Crippen molar-refractivity contribution in [2.45, 2.75) is 26.9 Å². The summed E-state index contributed by atoms with van der Waals surface area (Å²) in [5, 5.41) is 4.15. The second-order valence-corrected chi connectivity index (χ2v) is 5.65. The summed E-state index contributed by atoms with van der Waals surface area (Å²) in [5.41, 5.74) is 0.0816. The van der Waals surface area contributed by atoms with Gasteiger partial charge in [0.2, 0.25) is 0 Å². The molecule has 0 aliphatic heterocycles. The third kappa shape index (κ3) is 3.57. The zero-order valence-electron chi connectivity index (χ0n) is 14.3. The molecule has 0 aliphatic rings. The minimum atomic E-state index is -4.48. The van der Waals surface area contributed by atoms with Gasteiger partial charge in [-0.3, -0.25) is 9.59 Å². The quantitative estimate of drug-likeness (QED) is 0.627. The first kappa shape index (κ1) is 18.7. The van der Waals surface area contributed by atoms with E-state index in [-0.39, 0.29) is 16.9 Å². The highest BCUT2D eigenvalue weighted by Gasteiger charge is 2.31. The van der Waals surface area contributed by atoms with Gasteiger partial charge >= 0.3 is 6.18 Å². The Hall–Kier alpha value is -2.64. The van der Waals surface area contributed by atoms with Gasteiger partial charge in [0.15, 0.2) is 0 Å². The van der Waals surface area contributed by atoms with Crippen LogP contribution < -0.4 is 0 Å². The lowest BCUT2D eigenvalue weighted by atomic mass is 10.1. The molecule has 0 N–H and O–H groups in total. The molecule has 0 atom stereocenters. The van der Waals surface area contributed by atoms with Crippen molar-refractivity contribution >= 4 is 11.7 Å². The molecule has 0 saturated carbocycles. The van der Waals surface area contributed by atoms with E-state index in [1.165, 1.54) is 28.8 Å². The van der Waals surface area contributed by atoms with Gasteiger partial charge in [0.05, 0.1) is 28.2 Å². The molecule has 0 saturated heterocycles. The summed E-state index contributed by atoms with van der Waals surface area (Å²) in [6.45, 7) is 5.19. The lowest BCUT2D eigenvalue weighted by Gasteiger charge is -2.13. The summed E-state index contributed by atoms with van der Waals surface area (Å²) in [7, 11) is 1.50. The van der Waals surface area contributed by atoms with Gasteiger partial charge in [-0.1, -0.05) is 6.07 Å². The maximum Gasteiger partial charge on any atom is 0.416 e. The molecule has 0 aliphatic carbocycles. The summed E-state index contributed by atoms with van der Waals surface area (Å²) >= 11 is 0. The van der Waals surface area contributed by atoms with Gasteiger partial charge in [-0.15, -0.1) is 0 Å². The number of benzene rings is 1. The fourth-order valence-corrected chi connectivity index (χ4v) is 2.46. The first-order valence-electron chi connectivity index (χ1n) is 7.61. The van der Waals surface area contributed by atoms with Crippen LogP contribution in [0.2, 0.25) is 0 Å². The molecular formula is C17H18F3N3O2. The molecular weight excluding hydrogens is 335 g/mol. The Bertz CT molecular complexity index is 825. The summed E-state index contributed by atoms with van der Waals surface area (Å²) < 4.78 is 39.9. The van der Waals surface area contributed by atoms with Gasteiger partial charge in [0, 0.05) is 13.6 Å². The smallest absolute Gasteiger partial charge is 0.339 e. The van der Waals surface area contributed by atoms with Crippen molar-refractivity contribution in [3.05, 3.63) is 46.8 Å². The van der Waals surface area contributed by atoms with Crippen LogP contribution in [0.1, 0.15) is 34.2 Å². The number of rotatable bonds is 4. The highest BCUT2D eigenvalue weighted by atomic mass is 19.4. The van der Waals surface area contributed by atoms with Crippen LogP contribution in [0.15, 0.2) is 24.3 Å². The number of nitrogens with zero attached hydrogens (tertiary/aromatic N) is 3. The predicted octanol–water partition coefficient (Wildman–Crippen LogP) is 3.17. The number of likely N-dealkylation sites (N-methyl/N-ethyl adjacent to an activating group) is 1. The van der Waals surface area contributed by atoms with Gasteiger partial charge in [-0.05, 0) is 39.0 Å². The number of aromatic nitrogens is 2. The van der Waals surface area contributed by atoms with Crippen LogP contribution >= 0.6 is 0 Å². The van der Waals surface area contributed by atoms with E-state index in [4.69, 9.17) is 0 Å². The minimum absolute atomic E-state index is 0.114. The molecule has 2 aromatic rings. The maximum atomic E-state index is 12.9. The maximum absolute atomic E-state index is 12.9. The average molecular weight is 353 g/mol. The van der Waals surface area contributed by atoms with Gasteiger partial charge in [0.25, 0.3) is 11.7 Å². The Labute approximate surface area is 143 Å². The number of alkyl halides is 3. The first-order chi connectivity index (χ1) is 11.6. The number of halogens is 3. The first-order valence-corrected chi connectivity index (χ1v) is 7.61.